The minimum absolute atomic E-state index is 0.907. The maximum Gasteiger partial charge on any atom is 0.0954 e. The molecule has 2 nitrogen and oxygen atoms in total. The molecule has 0 saturated heterocycles. The zero-order valence-electron chi connectivity index (χ0n) is 7.52. The molecule has 0 aromatic rings. The highest BCUT2D eigenvalue weighted by Crippen LogP contribution is 1.88. The Bertz CT molecular complexity index is 108. The van der Waals surface area contributed by atoms with Crippen molar-refractivity contribution in [2.45, 2.75) is 20.8 Å². The molecule has 10 heavy (non-hydrogen) atoms. The molecule has 0 radical (unpaired) electrons. The fourth-order valence-corrected chi connectivity index (χ4v) is 1.91. The third-order valence-corrected chi connectivity index (χ3v) is 2.37. The van der Waals surface area contributed by atoms with Crippen molar-refractivity contribution in [2.75, 3.05) is 19.3 Å². The quantitative estimate of drug-likeness (QED) is 0.322. The molecule has 60 valence electrons. The van der Waals surface area contributed by atoms with Gasteiger partial charge in [0.2, 0.25) is 0 Å². The monoisotopic (exact) mass is 158 g/mol. The maximum absolute atomic E-state index is 4.33. The first-order valence-electron chi connectivity index (χ1n) is 4.02. The topological polar surface area (TPSA) is 15.6 Å². The van der Waals surface area contributed by atoms with Crippen LogP contribution in [0.2, 0.25) is 0 Å². The van der Waals surface area contributed by atoms with Crippen LogP contribution in [0.15, 0.2) is 4.99 Å². The summed E-state index contributed by atoms with van der Waals surface area (Å²) in [5.74, 6) is 1.19. The van der Waals surface area contributed by atoms with Crippen LogP contribution in [0.3, 0.4) is 0 Å². The lowest BCUT2D eigenvalue weighted by atomic mass is 10.5. The van der Waals surface area contributed by atoms with Gasteiger partial charge in [0.1, 0.15) is 0 Å². The van der Waals surface area contributed by atoms with Gasteiger partial charge < -0.3 is 4.90 Å². The van der Waals surface area contributed by atoms with Crippen LogP contribution in [0.25, 0.3) is 0 Å². The van der Waals surface area contributed by atoms with Crippen LogP contribution < -0.4 is 0 Å². The largest absolute Gasteiger partial charge is 0.365 e. The smallest absolute Gasteiger partial charge is 0.0954 e. The Hall–Kier alpha value is -0.313. The molecule has 0 rings (SSSR count). The van der Waals surface area contributed by atoms with Crippen LogP contribution in [0.1, 0.15) is 20.8 Å². The van der Waals surface area contributed by atoms with Crippen molar-refractivity contribution >= 4 is 16.1 Å². The summed E-state index contributed by atoms with van der Waals surface area (Å²) >= 11 is 0. The van der Waals surface area contributed by atoms with E-state index in [-0.39, 0.29) is 0 Å². The van der Waals surface area contributed by atoms with Crippen molar-refractivity contribution < 1.29 is 0 Å². The zero-order valence-corrected chi connectivity index (χ0v) is 9.52. The predicted molar refractivity (Wildman–Crippen MR) is 50.8 cm³/mol. The molecule has 3 heteroatoms. The summed E-state index contributed by atoms with van der Waals surface area (Å²) in [6.45, 7) is 8.34. The van der Waals surface area contributed by atoms with Crippen molar-refractivity contribution in [3.63, 3.8) is 0 Å². The zero-order chi connectivity index (χ0) is 7.98. The minimum atomic E-state index is 0.907. The summed E-state index contributed by atoms with van der Waals surface area (Å²) in [6, 6.07) is 0. The summed E-state index contributed by atoms with van der Waals surface area (Å²) in [4.78, 5) is 6.65. The van der Waals surface area contributed by atoms with Crippen molar-refractivity contribution in [2.24, 2.45) is 4.99 Å². The van der Waals surface area contributed by atoms with Crippen molar-refractivity contribution in [1.29, 1.82) is 0 Å². The highest BCUT2D eigenvalue weighted by molar-refractivity contribution is 6.10. The van der Waals surface area contributed by atoms with Gasteiger partial charge in [-0.3, -0.25) is 4.99 Å². The molecule has 0 amide bonds. The summed E-state index contributed by atoms with van der Waals surface area (Å²) in [5.41, 5.74) is 0. The summed E-state index contributed by atoms with van der Waals surface area (Å²) in [6.07, 6.45) is 1.20. The van der Waals surface area contributed by atoms with Crippen LogP contribution in [-0.4, -0.2) is 40.2 Å². The lowest BCUT2D eigenvalue weighted by molar-refractivity contribution is 0.506. The second-order valence-corrected chi connectivity index (χ2v) is 2.83. The Balaban J connectivity index is 3.87. The molecular weight excluding hydrogens is 140 g/mol. The molecule has 0 fully saturated rings. The highest BCUT2D eigenvalue weighted by atomic mass is 28.1. The van der Waals surface area contributed by atoms with Crippen LogP contribution in [-0.2, 0) is 0 Å². The van der Waals surface area contributed by atoms with Gasteiger partial charge in [-0.25, -0.2) is 0 Å². The summed E-state index contributed by atoms with van der Waals surface area (Å²) in [5, 5.41) is 0. The molecule has 0 heterocycles. The van der Waals surface area contributed by atoms with Crippen LogP contribution >= 0.6 is 0 Å². The molecule has 0 aromatic carbocycles. The Labute approximate surface area is 66.8 Å². The Morgan fingerprint density at radius 1 is 1.50 bits per heavy atom. The van der Waals surface area contributed by atoms with Gasteiger partial charge in [-0.05, 0) is 20.8 Å². The van der Waals surface area contributed by atoms with E-state index in [9.17, 15) is 0 Å². The average molecular weight is 158 g/mol. The first-order chi connectivity index (χ1) is 4.76. The second kappa shape index (κ2) is 5.47. The molecule has 0 atom stereocenters. The first-order valence-corrected chi connectivity index (χ1v) is 5.43. The number of rotatable bonds is 3. The van der Waals surface area contributed by atoms with Gasteiger partial charge >= 0.3 is 0 Å². The van der Waals surface area contributed by atoms with E-state index in [1.54, 1.807) is 0 Å². The molecule has 0 aliphatic carbocycles. The molecular formula is C7H18N2Si. The molecule has 0 unspecified atom stereocenters. The fraction of sp³-hybridized carbons (Fsp3) is 0.857. The fourth-order valence-electron chi connectivity index (χ4n) is 1.01. The first kappa shape index (κ1) is 9.69. The Kier molecular flexibility index (Phi) is 5.30. The lowest BCUT2D eigenvalue weighted by Gasteiger charge is -2.19. The number of hydrogen-bond acceptors (Lipinski definition) is 1. The van der Waals surface area contributed by atoms with Gasteiger partial charge in [-0.1, -0.05) is 0 Å². The molecule has 0 N–H and O–H groups in total. The molecule has 0 aliphatic heterocycles. The third kappa shape index (κ3) is 3.01. The Morgan fingerprint density at radius 3 is 2.40 bits per heavy atom. The maximum atomic E-state index is 4.33. The van der Waals surface area contributed by atoms with Gasteiger partial charge in [0.25, 0.3) is 0 Å². The normalized spacial score (nSPS) is 12.1. The van der Waals surface area contributed by atoms with Gasteiger partial charge in [0.15, 0.2) is 0 Å². The van der Waals surface area contributed by atoms with Crippen LogP contribution in [0.5, 0.6) is 0 Å². The third-order valence-electron chi connectivity index (χ3n) is 1.61. The van der Waals surface area contributed by atoms with E-state index >= 15 is 0 Å². The van der Waals surface area contributed by atoms with Crippen molar-refractivity contribution in [3.05, 3.63) is 0 Å². The van der Waals surface area contributed by atoms with Crippen molar-refractivity contribution in [1.82, 2.24) is 4.90 Å². The number of amidine groups is 1. The number of nitrogens with zero attached hydrogens (tertiary/aromatic N) is 2. The van der Waals surface area contributed by atoms with E-state index in [0.717, 1.165) is 13.1 Å². The minimum Gasteiger partial charge on any atom is -0.365 e. The van der Waals surface area contributed by atoms with Gasteiger partial charge in [-0.15, -0.1) is 0 Å². The van der Waals surface area contributed by atoms with E-state index in [1.807, 2.05) is 0 Å². The molecule has 0 aromatic heterocycles. The lowest BCUT2D eigenvalue weighted by Crippen LogP contribution is -2.29. The molecule has 0 aliphatic rings. The summed E-state index contributed by atoms with van der Waals surface area (Å²) in [7, 11) is 1.23. The summed E-state index contributed by atoms with van der Waals surface area (Å²) < 4.78 is 0. The van der Waals surface area contributed by atoms with Crippen molar-refractivity contribution in [3.8, 4) is 0 Å². The Morgan fingerprint density at radius 2 is 2.10 bits per heavy atom. The van der Waals surface area contributed by atoms with E-state index in [4.69, 9.17) is 0 Å². The van der Waals surface area contributed by atoms with Gasteiger partial charge in [0, 0.05) is 29.5 Å². The van der Waals surface area contributed by atoms with E-state index < -0.39 is 0 Å². The molecule has 0 saturated carbocycles. The number of hydrogen-bond donors (Lipinski definition) is 0. The SMILES string of the molecule is CC/N=C(\C)N(CC)C[SiH3]. The highest BCUT2D eigenvalue weighted by Gasteiger charge is 1.97. The van der Waals surface area contributed by atoms with Crippen LogP contribution in [0.4, 0.5) is 0 Å². The van der Waals surface area contributed by atoms with Gasteiger partial charge in [0.05, 0.1) is 5.84 Å². The van der Waals surface area contributed by atoms with E-state index in [1.165, 1.54) is 22.2 Å². The van der Waals surface area contributed by atoms with E-state index in [0.29, 0.717) is 0 Å². The molecule has 0 bridgehead atoms. The van der Waals surface area contributed by atoms with Crippen LogP contribution in [0, 0.1) is 0 Å². The number of aliphatic imine (C=N–C) groups is 1. The van der Waals surface area contributed by atoms with E-state index in [2.05, 4.69) is 30.7 Å². The second-order valence-electron chi connectivity index (χ2n) is 2.19. The standard InChI is InChI=1S/C7H18N2Si/c1-4-8-7(3)9(5-2)6-10/h4-6H2,1-3,10H3/b8-7+. The predicted octanol–water partition coefficient (Wildman–Crippen LogP) is 0.0695. The van der Waals surface area contributed by atoms with Gasteiger partial charge in [-0.2, -0.15) is 0 Å². The average Bonchev–Trinajstić information content (AvgIpc) is 1.91. The molecule has 0 spiro atoms.